The Labute approximate surface area is 196 Å². The van der Waals surface area contributed by atoms with Crippen molar-refractivity contribution in [2.45, 2.75) is 31.0 Å². The maximum Gasteiger partial charge on any atom is 0.337 e. The molecular formula is C22H24ClN3O6S. The molecule has 0 amide bonds. The number of aromatic nitrogens is 2. The zero-order valence-corrected chi connectivity index (χ0v) is 20.2. The monoisotopic (exact) mass is 493 g/mol. The lowest BCUT2D eigenvalue weighted by molar-refractivity contribution is -0.166. The van der Waals surface area contributed by atoms with Crippen molar-refractivity contribution < 1.29 is 27.4 Å². The van der Waals surface area contributed by atoms with Crippen molar-refractivity contribution in [2.75, 3.05) is 32.2 Å². The first-order valence-corrected chi connectivity index (χ1v) is 12.0. The van der Waals surface area contributed by atoms with Gasteiger partial charge in [-0.1, -0.05) is 11.6 Å². The molecule has 1 aliphatic heterocycles. The zero-order chi connectivity index (χ0) is 24.0. The average Bonchev–Trinajstić information content (AvgIpc) is 3.15. The van der Waals surface area contributed by atoms with Gasteiger partial charge in [0, 0.05) is 13.1 Å². The molecule has 0 atom stereocenters. The van der Waals surface area contributed by atoms with Gasteiger partial charge in [0.2, 0.25) is 0 Å². The molecule has 2 aromatic heterocycles. The quantitative estimate of drug-likeness (QED) is 0.381. The van der Waals surface area contributed by atoms with Gasteiger partial charge in [0.25, 0.3) is 10.0 Å². The summed E-state index contributed by atoms with van der Waals surface area (Å²) < 4.78 is 44.9. The molecule has 0 unspecified atom stereocenters. The van der Waals surface area contributed by atoms with Crippen molar-refractivity contribution in [3.8, 4) is 5.75 Å². The molecule has 3 heterocycles. The number of hydrogen-bond acceptors (Lipinski definition) is 8. The molecule has 0 saturated heterocycles. The summed E-state index contributed by atoms with van der Waals surface area (Å²) >= 11 is 6.03. The highest BCUT2D eigenvalue weighted by Gasteiger charge is 2.32. The lowest BCUT2D eigenvalue weighted by atomic mass is 10.1. The maximum absolute atomic E-state index is 13.8. The van der Waals surface area contributed by atoms with Crippen molar-refractivity contribution in [1.29, 1.82) is 0 Å². The Morgan fingerprint density at radius 1 is 1.24 bits per heavy atom. The van der Waals surface area contributed by atoms with Crippen LogP contribution < -0.4 is 9.64 Å². The number of methoxy groups -OCH3 is 1. The molecule has 3 aromatic rings. The zero-order valence-electron chi connectivity index (χ0n) is 18.7. The standard InChI is InChI=1S/C22H24ClN3O6S/c1-22(2,21(27)30-4)32-13-14-11-16-17(7-8-20(23)24-16)26(14)33(28,29)15-5-6-18-19(12-15)31-10-9-25(18)3/h5-8,11-12H,9-10,13H2,1-4H3. The van der Waals surface area contributed by atoms with Crippen molar-refractivity contribution >= 4 is 44.3 Å². The van der Waals surface area contributed by atoms with Gasteiger partial charge in [-0.3, -0.25) is 0 Å². The minimum atomic E-state index is -4.07. The summed E-state index contributed by atoms with van der Waals surface area (Å²) in [5, 5.41) is 0.227. The van der Waals surface area contributed by atoms with Crippen molar-refractivity contribution in [2.24, 2.45) is 0 Å². The third kappa shape index (κ3) is 4.25. The summed E-state index contributed by atoms with van der Waals surface area (Å²) in [6, 6.07) is 9.45. The predicted octanol–water partition coefficient (Wildman–Crippen LogP) is 3.22. The van der Waals surface area contributed by atoms with E-state index in [9.17, 15) is 13.2 Å². The first-order chi connectivity index (χ1) is 15.5. The molecule has 11 heteroatoms. The van der Waals surface area contributed by atoms with Gasteiger partial charge in [-0.05, 0) is 44.2 Å². The van der Waals surface area contributed by atoms with Crippen LogP contribution in [0.4, 0.5) is 5.69 Å². The largest absolute Gasteiger partial charge is 0.490 e. The van der Waals surface area contributed by atoms with Crippen LogP contribution in [-0.2, 0) is 30.9 Å². The topological polar surface area (TPSA) is 100.0 Å². The second kappa shape index (κ2) is 8.51. The summed E-state index contributed by atoms with van der Waals surface area (Å²) in [4.78, 5) is 18.3. The summed E-state index contributed by atoms with van der Waals surface area (Å²) in [6.07, 6.45) is 0. The van der Waals surface area contributed by atoms with Crippen LogP contribution >= 0.6 is 11.6 Å². The number of anilines is 1. The van der Waals surface area contributed by atoms with E-state index in [1.54, 1.807) is 32.0 Å². The Balaban J connectivity index is 1.82. The Morgan fingerprint density at radius 3 is 2.73 bits per heavy atom. The Morgan fingerprint density at radius 2 is 2.00 bits per heavy atom. The smallest absolute Gasteiger partial charge is 0.337 e. The third-order valence-corrected chi connectivity index (χ3v) is 7.45. The van der Waals surface area contributed by atoms with Crippen LogP contribution in [0.15, 0.2) is 41.3 Å². The number of hydrogen-bond donors (Lipinski definition) is 0. The third-order valence-electron chi connectivity index (χ3n) is 5.47. The van der Waals surface area contributed by atoms with E-state index in [4.69, 9.17) is 25.8 Å². The van der Waals surface area contributed by atoms with Gasteiger partial charge in [0.05, 0.1) is 47.6 Å². The van der Waals surface area contributed by atoms with Crippen LogP contribution in [0.5, 0.6) is 5.75 Å². The Hall–Kier alpha value is -2.82. The fourth-order valence-corrected chi connectivity index (χ4v) is 5.33. The van der Waals surface area contributed by atoms with Gasteiger partial charge in [0.1, 0.15) is 17.5 Å². The SMILES string of the molecule is COC(=O)C(C)(C)OCc1cc2nc(Cl)ccc2n1S(=O)(=O)c1ccc2c(c1)OCCN2C. The highest BCUT2D eigenvalue weighted by atomic mass is 35.5. The first kappa shape index (κ1) is 23.3. The first-order valence-electron chi connectivity index (χ1n) is 10.2. The fraction of sp³-hybridized carbons (Fsp3) is 0.364. The minimum absolute atomic E-state index is 0.0532. The predicted molar refractivity (Wildman–Crippen MR) is 123 cm³/mol. The Kier molecular flexibility index (Phi) is 6.02. The van der Waals surface area contributed by atoms with Gasteiger partial charge < -0.3 is 19.1 Å². The van der Waals surface area contributed by atoms with Gasteiger partial charge in [0.15, 0.2) is 5.60 Å². The van der Waals surface area contributed by atoms with E-state index < -0.39 is 21.6 Å². The van der Waals surface area contributed by atoms with E-state index in [1.165, 1.54) is 25.3 Å². The van der Waals surface area contributed by atoms with E-state index >= 15 is 0 Å². The normalized spacial score (nSPS) is 14.2. The fourth-order valence-electron chi connectivity index (χ4n) is 3.64. The molecule has 0 N–H and O–H groups in total. The molecule has 4 rings (SSSR count). The minimum Gasteiger partial charge on any atom is -0.490 e. The molecule has 9 nitrogen and oxygen atoms in total. The number of carbonyl (C=O) groups excluding carboxylic acids is 1. The summed E-state index contributed by atoms with van der Waals surface area (Å²) in [5.41, 5.74) is 0.538. The van der Waals surface area contributed by atoms with Crippen LogP contribution in [-0.4, -0.2) is 56.3 Å². The number of carbonyl (C=O) groups is 1. The molecule has 0 radical (unpaired) electrons. The number of benzene rings is 1. The number of likely N-dealkylation sites (N-methyl/N-ethyl adjacent to an activating group) is 1. The number of ether oxygens (including phenoxy) is 3. The lowest BCUT2D eigenvalue weighted by Gasteiger charge is -2.28. The van der Waals surface area contributed by atoms with Crippen molar-refractivity contribution in [3.05, 3.63) is 47.2 Å². The molecule has 176 valence electrons. The molecule has 33 heavy (non-hydrogen) atoms. The molecule has 0 spiro atoms. The number of fused-ring (bicyclic) bond motifs is 2. The molecule has 1 aromatic carbocycles. The molecule has 0 aliphatic carbocycles. The highest BCUT2D eigenvalue weighted by Crippen LogP contribution is 2.35. The summed E-state index contributed by atoms with van der Waals surface area (Å²) in [5.74, 6) is -0.0859. The van der Waals surface area contributed by atoms with Crippen LogP contribution in [0, 0.1) is 0 Å². The molecule has 0 saturated carbocycles. The second-order valence-corrected chi connectivity index (χ2v) is 10.3. The number of nitrogens with zero attached hydrogens (tertiary/aromatic N) is 3. The van der Waals surface area contributed by atoms with E-state index in [2.05, 4.69) is 4.98 Å². The van der Waals surface area contributed by atoms with Crippen LogP contribution in [0.1, 0.15) is 19.5 Å². The van der Waals surface area contributed by atoms with E-state index in [0.717, 1.165) is 9.66 Å². The van der Waals surface area contributed by atoms with Crippen LogP contribution in [0.25, 0.3) is 11.0 Å². The van der Waals surface area contributed by atoms with Crippen molar-refractivity contribution in [3.63, 3.8) is 0 Å². The lowest BCUT2D eigenvalue weighted by Crippen LogP contribution is -2.36. The number of halogens is 1. The number of rotatable bonds is 6. The number of esters is 1. The molecular weight excluding hydrogens is 470 g/mol. The maximum atomic E-state index is 13.8. The molecule has 0 bridgehead atoms. The van der Waals surface area contributed by atoms with Gasteiger partial charge in [-0.15, -0.1) is 0 Å². The van der Waals surface area contributed by atoms with E-state index in [0.29, 0.717) is 29.9 Å². The average molecular weight is 494 g/mol. The van der Waals surface area contributed by atoms with Gasteiger partial charge >= 0.3 is 5.97 Å². The Bertz CT molecular complexity index is 1340. The van der Waals surface area contributed by atoms with Crippen LogP contribution in [0.2, 0.25) is 5.15 Å². The molecule has 1 aliphatic rings. The summed E-state index contributed by atoms with van der Waals surface area (Å²) in [7, 11) is -0.891. The van der Waals surface area contributed by atoms with Crippen LogP contribution in [0.3, 0.4) is 0 Å². The van der Waals surface area contributed by atoms with Crippen molar-refractivity contribution in [1.82, 2.24) is 8.96 Å². The second-order valence-electron chi connectivity index (χ2n) is 8.13. The van der Waals surface area contributed by atoms with E-state index in [-0.39, 0.29) is 22.3 Å². The highest BCUT2D eigenvalue weighted by molar-refractivity contribution is 7.90. The summed E-state index contributed by atoms with van der Waals surface area (Å²) in [6.45, 7) is 4.09. The van der Waals surface area contributed by atoms with Gasteiger partial charge in [-0.2, -0.15) is 0 Å². The number of pyridine rings is 1. The van der Waals surface area contributed by atoms with Gasteiger partial charge in [-0.25, -0.2) is 22.2 Å². The van der Waals surface area contributed by atoms with E-state index in [1.807, 2.05) is 11.9 Å². The molecule has 0 fully saturated rings.